The average molecular weight is 480 g/mol. The Hall–Kier alpha value is -1.61. The summed E-state index contributed by atoms with van der Waals surface area (Å²) in [5.41, 5.74) is 0. The molecule has 21 heteroatoms. The van der Waals surface area contributed by atoms with Crippen LogP contribution in [0.3, 0.4) is 0 Å². The van der Waals surface area contributed by atoms with E-state index in [4.69, 9.17) is 0 Å². The van der Waals surface area contributed by atoms with Gasteiger partial charge in [0.1, 0.15) is 0 Å². The Bertz CT molecular complexity index is 591. The zero-order valence-corrected chi connectivity index (χ0v) is 12.1. The van der Waals surface area contributed by atoms with E-state index in [2.05, 4.69) is 0 Å². The third kappa shape index (κ3) is 8.34. The fourth-order valence-corrected chi connectivity index (χ4v) is 0.955. The van der Waals surface area contributed by atoms with E-state index in [0.717, 1.165) is 0 Å². The van der Waals surface area contributed by atoms with E-state index in [1.54, 1.807) is 9.47 Å². The number of hydrogen-bond donors (Lipinski definition) is 0. The Morgan fingerprint density at radius 1 is 0.483 bits per heavy atom. The van der Waals surface area contributed by atoms with E-state index >= 15 is 0 Å². The second kappa shape index (κ2) is 7.58. The molecule has 0 unspecified atom stereocenters. The zero-order valence-electron chi connectivity index (χ0n) is 12.1. The fourth-order valence-electron chi connectivity index (χ4n) is 0.955. The molecule has 0 radical (unpaired) electrons. The van der Waals surface area contributed by atoms with Crippen LogP contribution in [0.25, 0.3) is 0 Å². The first kappa shape index (κ1) is 27.4. The van der Waals surface area contributed by atoms with Gasteiger partial charge in [-0.3, -0.25) is 4.79 Å². The van der Waals surface area contributed by atoms with Crippen molar-refractivity contribution in [2.75, 3.05) is 0 Å². The monoisotopic (exact) mass is 480 g/mol. The number of carbonyl (C=O) groups is 1. The maximum atomic E-state index is 12.8. The molecule has 0 rings (SSSR count). The van der Waals surface area contributed by atoms with E-state index < -0.39 is 49.2 Å². The van der Waals surface area contributed by atoms with Gasteiger partial charge in [-0.05, 0) is 0 Å². The summed E-state index contributed by atoms with van der Waals surface area (Å²) in [6, 6.07) is 0. The lowest BCUT2D eigenvalue weighted by Crippen LogP contribution is -2.56. The molecule has 174 valence electrons. The molecular weight excluding hydrogens is 480 g/mol. The molecule has 29 heavy (non-hydrogen) atoms. The summed E-state index contributed by atoms with van der Waals surface area (Å²) in [7, 11) is 0. The van der Waals surface area contributed by atoms with Gasteiger partial charge in [0.2, 0.25) is 0 Å². The van der Waals surface area contributed by atoms with Crippen molar-refractivity contribution in [1.82, 2.24) is 0 Å². The predicted octanol–water partition coefficient (Wildman–Crippen LogP) is 4.58. The number of alkyl halides is 16. The number of hydrogen-bond acceptors (Lipinski definition) is 5. The van der Waals surface area contributed by atoms with Gasteiger partial charge >= 0.3 is 49.2 Å². The summed E-state index contributed by atoms with van der Waals surface area (Å²) in [5.74, 6) is -4.53. The Morgan fingerprint density at radius 3 is 1.17 bits per heavy atom. The third-order valence-electron chi connectivity index (χ3n) is 1.84. The van der Waals surface area contributed by atoms with Gasteiger partial charge in [-0.15, -0.1) is 30.7 Å². The quantitative estimate of drug-likeness (QED) is 0.358. The third-order valence-corrected chi connectivity index (χ3v) is 1.84. The van der Waals surface area contributed by atoms with Crippen LogP contribution in [0.1, 0.15) is 0 Å². The molecule has 0 spiro atoms. The van der Waals surface area contributed by atoms with Gasteiger partial charge in [-0.2, -0.15) is 44.3 Å². The van der Waals surface area contributed by atoms with Crippen molar-refractivity contribution >= 4 is 5.78 Å². The van der Waals surface area contributed by atoms with Gasteiger partial charge in [0.25, 0.3) is 0 Å². The number of ether oxygens (including phenoxy) is 4. The van der Waals surface area contributed by atoms with Gasteiger partial charge in [-0.25, -0.2) is 14.2 Å². The van der Waals surface area contributed by atoms with E-state index in [1.165, 1.54) is 9.47 Å². The van der Waals surface area contributed by atoms with Crippen LogP contribution >= 0.6 is 0 Å². The van der Waals surface area contributed by atoms with Crippen molar-refractivity contribution in [1.29, 1.82) is 0 Å². The molecule has 0 N–H and O–H groups in total. The Kier molecular flexibility index (Phi) is 7.15. The molecule has 0 bridgehead atoms. The van der Waals surface area contributed by atoms with Gasteiger partial charge in [-0.1, -0.05) is 0 Å². The molecular formula is C8F16O5. The van der Waals surface area contributed by atoms with E-state index in [9.17, 15) is 75.0 Å². The van der Waals surface area contributed by atoms with Crippen molar-refractivity contribution in [3.63, 3.8) is 0 Å². The Balaban J connectivity index is 5.52. The SMILES string of the molecule is O=C(C(F)(F)F)C(F)(F)OC(F)(F)C(F)(F)OC(F)(F)OC(F)(F)OC(F)(F)F. The smallest absolute Gasteiger partial charge is 0.280 e. The largest absolute Gasteiger partial charge is 0.529 e. The molecule has 0 atom stereocenters. The molecule has 0 aliphatic rings. The Morgan fingerprint density at radius 2 is 0.828 bits per heavy atom. The maximum absolute atomic E-state index is 12.8. The highest BCUT2D eigenvalue weighted by molar-refractivity contribution is 5.89. The minimum absolute atomic E-state index is 1.53. The van der Waals surface area contributed by atoms with Crippen molar-refractivity contribution < 1.29 is 94.0 Å². The standard InChI is InChI=1S/C8F16O5/c9-2(10,11)1(25)3(12,13)26-4(14,15)5(16,17)27-7(21,22)29-8(23,24)28-6(18,19)20. The molecule has 0 saturated heterocycles. The summed E-state index contributed by atoms with van der Waals surface area (Å²) in [6.07, 6.45) is -48.1. The molecule has 0 aliphatic heterocycles. The number of ketones is 1. The lowest BCUT2D eigenvalue weighted by Gasteiger charge is -2.31. The van der Waals surface area contributed by atoms with Gasteiger partial charge < -0.3 is 0 Å². The number of rotatable bonds is 9. The van der Waals surface area contributed by atoms with Crippen LogP contribution in [0.2, 0.25) is 0 Å². The first-order valence-corrected chi connectivity index (χ1v) is 5.61. The molecule has 0 heterocycles. The van der Waals surface area contributed by atoms with Crippen LogP contribution < -0.4 is 0 Å². The van der Waals surface area contributed by atoms with Crippen molar-refractivity contribution in [3.05, 3.63) is 0 Å². The molecule has 0 amide bonds. The van der Waals surface area contributed by atoms with Crippen LogP contribution in [0.4, 0.5) is 70.2 Å². The van der Waals surface area contributed by atoms with Gasteiger partial charge in [0.15, 0.2) is 0 Å². The van der Waals surface area contributed by atoms with E-state index in [0.29, 0.717) is 0 Å². The number of carbonyl (C=O) groups excluding carboxylic acids is 1. The van der Waals surface area contributed by atoms with Crippen LogP contribution in [-0.2, 0) is 23.7 Å². The average Bonchev–Trinajstić information content (AvgIpc) is 2.28. The summed E-state index contributed by atoms with van der Waals surface area (Å²) >= 11 is 0. The normalized spacial score (nSPS) is 15.6. The summed E-state index contributed by atoms with van der Waals surface area (Å²) in [4.78, 5) is 10.1. The lowest BCUT2D eigenvalue weighted by molar-refractivity contribution is -0.602. The molecule has 0 aromatic carbocycles. The highest BCUT2D eigenvalue weighted by Gasteiger charge is 2.72. The Labute approximate surface area is 145 Å². The summed E-state index contributed by atoms with van der Waals surface area (Å²) in [6.45, 7) is 0. The van der Waals surface area contributed by atoms with E-state index in [1.807, 2.05) is 0 Å². The molecule has 0 aliphatic carbocycles. The lowest BCUT2D eigenvalue weighted by atomic mass is 10.3. The predicted molar refractivity (Wildman–Crippen MR) is 46.2 cm³/mol. The summed E-state index contributed by atoms with van der Waals surface area (Å²) in [5, 5.41) is 0. The van der Waals surface area contributed by atoms with Crippen molar-refractivity contribution in [2.24, 2.45) is 0 Å². The molecule has 0 saturated carbocycles. The molecule has 0 aromatic rings. The van der Waals surface area contributed by atoms with Crippen LogP contribution in [0.5, 0.6) is 0 Å². The first-order valence-electron chi connectivity index (χ1n) is 5.61. The van der Waals surface area contributed by atoms with Gasteiger partial charge in [0.05, 0.1) is 0 Å². The van der Waals surface area contributed by atoms with Crippen LogP contribution in [-0.4, -0.2) is 49.2 Å². The molecule has 5 nitrogen and oxygen atoms in total. The zero-order chi connectivity index (χ0) is 23.9. The number of Topliss-reactive ketones (excluding diaryl/α,β-unsaturated/α-hetero) is 1. The highest BCUT2D eigenvalue weighted by atomic mass is 19.4. The molecule has 0 fully saturated rings. The van der Waals surface area contributed by atoms with Crippen LogP contribution in [0, 0.1) is 0 Å². The van der Waals surface area contributed by atoms with Gasteiger partial charge in [0, 0.05) is 0 Å². The highest BCUT2D eigenvalue weighted by Crippen LogP contribution is 2.46. The van der Waals surface area contributed by atoms with Crippen LogP contribution in [0.15, 0.2) is 0 Å². The minimum atomic E-state index is -7.31. The van der Waals surface area contributed by atoms with E-state index in [-0.39, 0.29) is 0 Å². The van der Waals surface area contributed by atoms with Crippen molar-refractivity contribution in [3.8, 4) is 0 Å². The molecule has 0 aromatic heterocycles. The summed E-state index contributed by atoms with van der Waals surface area (Å²) < 4.78 is 202. The maximum Gasteiger partial charge on any atom is 0.529 e. The minimum Gasteiger partial charge on any atom is -0.280 e. The second-order valence-electron chi connectivity index (χ2n) is 4.16. The van der Waals surface area contributed by atoms with Crippen molar-refractivity contribution in [2.45, 2.75) is 43.5 Å². The number of halogens is 16. The topological polar surface area (TPSA) is 54.0 Å². The first-order chi connectivity index (χ1) is 12.2. The fraction of sp³-hybridized carbons (Fsp3) is 0.875. The second-order valence-corrected chi connectivity index (χ2v) is 4.16.